The molecule has 0 saturated heterocycles. The number of nitrogen functional groups attached to an aromatic ring is 1. The number of nitrogens with one attached hydrogen (secondary N) is 2. The molecule has 4 N–H and O–H groups in total. The van der Waals surface area contributed by atoms with Crippen molar-refractivity contribution in [1.82, 2.24) is 4.98 Å². The molecule has 0 aliphatic rings. The summed E-state index contributed by atoms with van der Waals surface area (Å²) in [5.41, 5.74) is 6.65. The standard InChI is InChI=1S/C13H10N4O2/c14-6-9-5-10(15)2-3-11(9)17-13(19)8-1-4-12(18)16-7-8/h1-5,7H,15H2,(H,16,18)(H,17,19). The molecule has 1 aromatic heterocycles. The zero-order chi connectivity index (χ0) is 13.8. The molecule has 19 heavy (non-hydrogen) atoms. The summed E-state index contributed by atoms with van der Waals surface area (Å²) < 4.78 is 0. The molecule has 2 aromatic rings. The van der Waals surface area contributed by atoms with E-state index in [4.69, 9.17) is 11.0 Å². The number of aromatic nitrogens is 1. The van der Waals surface area contributed by atoms with Crippen molar-refractivity contribution in [2.45, 2.75) is 0 Å². The molecule has 0 radical (unpaired) electrons. The van der Waals surface area contributed by atoms with Crippen LogP contribution in [-0.2, 0) is 0 Å². The largest absolute Gasteiger partial charge is 0.399 e. The van der Waals surface area contributed by atoms with Gasteiger partial charge in [0.15, 0.2) is 0 Å². The number of nitriles is 1. The first-order valence-electron chi connectivity index (χ1n) is 5.40. The van der Waals surface area contributed by atoms with Gasteiger partial charge in [0.1, 0.15) is 6.07 Å². The average molecular weight is 254 g/mol. The molecule has 0 unspecified atom stereocenters. The average Bonchev–Trinajstić information content (AvgIpc) is 2.41. The van der Waals surface area contributed by atoms with Gasteiger partial charge in [-0.25, -0.2) is 0 Å². The quantitative estimate of drug-likeness (QED) is 0.696. The highest BCUT2D eigenvalue weighted by Crippen LogP contribution is 2.18. The van der Waals surface area contributed by atoms with E-state index >= 15 is 0 Å². The molecule has 0 spiro atoms. The van der Waals surface area contributed by atoms with Crippen LogP contribution in [0.5, 0.6) is 0 Å². The number of hydrogen-bond donors (Lipinski definition) is 3. The normalized spacial score (nSPS) is 9.63. The van der Waals surface area contributed by atoms with Gasteiger partial charge in [-0.1, -0.05) is 0 Å². The van der Waals surface area contributed by atoms with Gasteiger partial charge in [-0.15, -0.1) is 0 Å². The summed E-state index contributed by atoms with van der Waals surface area (Å²) >= 11 is 0. The first-order chi connectivity index (χ1) is 9.10. The van der Waals surface area contributed by atoms with E-state index in [9.17, 15) is 9.59 Å². The minimum atomic E-state index is -0.419. The Morgan fingerprint density at radius 1 is 1.32 bits per heavy atom. The van der Waals surface area contributed by atoms with Crippen LogP contribution in [0, 0.1) is 11.3 Å². The molecule has 0 bridgehead atoms. The second kappa shape index (κ2) is 5.06. The zero-order valence-electron chi connectivity index (χ0n) is 9.81. The molecule has 2 rings (SSSR count). The molecule has 0 saturated carbocycles. The lowest BCUT2D eigenvalue weighted by molar-refractivity contribution is 0.102. The third kappa shape index (κ3) is 2.79. The monoisotopic (exact) mass is 254 g/mol. The topological polar surface area (TPSA) is 112 Å². The molecule has 0 aliphatic heterocycles. The Kier molecular flexibility index (Phi) is 3.30. The number of carbonyl (C=O) groups excluding carboxylic acids is 1. The van der Waals surface area contributed by atoms with Crippen LogP contribution >= 0.6 is 0 Å². The van der Waals surface area contributed by atoms with E-state index in [0.29, 0.717) is 16.9 Å². The summed E-state index contributed by atoms with van der Waals surface area (Å²) in [6.45, 7) is 0. The van der Waals surface area contributed by atoms with Crippen LogP contribution in [0.3, 0.4) is 0 Å². The van der Waals surface area contributed by atoms with Gasteiger partial charge in [-0.3, -0.25) is 9.59 Å². The van der Waals surface area contributed by atoms with E-state index in [1.54, 1.807) is 12.1 Å². The van der Waals surface area contributed by atoms with Crippen LogP contribution < -0.4 is 16.6 Å². The van der Waals surface area contributed by atoms with Crippen molar-refractivity contribution in [3.8, 4) is 6.07 Å². The lowest BCUT2D eigenvalue weighted by atomic mass is 10.1. The van der Waals surface area contributed by atoms with Gasteiger partial charge in [0.05, 0.1) is 16.8 Å². The lowest BCUT2D eigenvalue weighted by Gasteiger charge is -2.07. The van der Waals surface area contributed by atoms with E-state index in [1.807, 2.05) is 6.07 Å². The SMILES string of the molecule is N#Cc1cc(N)ccc1NC(=O)c1ccc(=O)[nH]c1. The summed E-state index contributed by atoms with van der Waals surface area (Å²) in [5.74, 6) is -0.419. The third-order valence-electron chi connectivity index (χ3n) is 2.46. The molecule has 6 nitrogen and oxygen atoms in total. The van der Waals surface area contributed by atoms with Gasteiger partial charge in [0, 0.05) is 18.0 Å². The highest BCUT2D eigenvalue weighted by molar-refractivity contribution is 6.04. The first kappa shape index (κ1) is 12.4. The number of amides is 1. The van der Waals surface area contributed by atoms with Crippen LogP contribution in [0.25, 0.3) is 0 Å². The van der Waals surface area contributed by atoms with Gasteiger partial charge in [0.25, 0.3) is 5.91 Å². The smallest absolute Gasteiger partial charge is 0.257 e. The van der Waals surface area contributed by atoms with Gasteiger partial charge in [-0.05, 0) is 24.3 Å². The van der Waals surface area contributed by atoms with E-state index in [2.05, 4.69) is 10.3 Å². The number of nitrogens with zero attached hydrogens (tertiary/aromatic N) is 1. The summed E-state index contributed by atoms with van der Waals surface area (Å²) in [6, 6.07) is 9.22. The Morgan fingerprint density at radius 3 is 2.74 bits per heavy atom. The van der Waals surface area contributed by atoms with Crippen molar-refractivity contribution in [1.29, 1.82) is 5.26 Å². The van der Waals surface area contributed by atoms with Crippen LogP contribution in [0.15, 0.2) is 41.3 Å². The van der Waals surface area contributed by atoms with Gasteiger partial charge < -0.3 is 16.0 Å². The maximum Gasteiger partial charge on any atom is 0.257 e. The Balaban J connectivity index is 2.27. The molecule has 94 valence electrons. The van der Waals surface area contributed by atoms with E-state index in [1.165, 1.54) is 24.4 Å². The van der Waals surface area contributed by atoms with Gasteiger partial charge >= 0.3 is 0 Å². The van der Waals surface area contributed by atoms with Crippen molar-refractivity contribution < 1.29 is 4.79 Å². The Bertz CT molecular complexity index is 708. The predicted molar refractivity (Wildman–Crippen MR) is 70.6 cm³/mol. The summed E-state index contributed by atoms with van der Waals surface area (Å²) in [4.78, 5) is 25.2. The fourth-order valence-electron chi connectivity index (χ4n) is 1.51. The predicted octanol–water partition coefficient (Wildman–Crippen LogP) is 1.08. The van der Waals surface area contributed by atoms with Crippen LogP contribution in [-0.4, -0.2) is 10.9 Å². The first-order valence-corrected chi connectivity index (χ1v) is 5.40. The molecule has 0 fully saturated rings. The highest BCUT2D eigenvalue weighted by Gasteiger charge is 2.09. The Labute approximate surface area is 108 Å². The number of rotatable bonds is 2. The molecular formula is C13H10N4O2. The molecule has 1 aromatic carbocycles. The molecule has 6 heteroatoms. The van der Waals surface area contributed by atoms with Crippen molar-refractivity contribution in [2.24, 2.45) is 0 Å². The number of nitrogens with two attached hydrogens (primary N) is 1. The Morgan fingerprint density at radius 2 is 2.11 bits per heavy atom. The van der Waals surface area contributed by atoms with Crippen LogP contribution in [0.4, 0.5) is 11.4 Å². The number of hydrogen-bond acceptors (Lipinski definition) is 4. The number of aromatic amines is 1. The summed E-state index contributed by atoms with van der Waals surface area (Å²) in [5, 5.41) is 11.5. The number of pyridine rings is 1. The van der Waals surface area contributed by atoms with Gasteiger partial charge in [-0.2, -0.15) is 5.26 Å². The maximum absolute atomic E-state index is 11.9. The summed E-state index contributed by atoms with van der Waals surface area (Å²) in [7, 11) is 0. The number of benzene rings is 1. The number of carbonyl (C=O) groups is 1. The van der Waals surface area contributed by atoms with Crippen LogP contribution in [0.1, 0.15) is 15.9 Å². The van der Waals surface area contributed by atoms with E-state index < -0.39 is 5.91 Å². The van der Waals surface area contributed by atoms with Crippen molar-refractivity contribution in [3.05, 3.63) is 58.0 Å². The fourth-order valence-corrected chi connectivity index (χ4v) is 1.51. The molecular weight excluding hydrogens is 244 g/mol. The van der Waals surface area contributed by atoms with Crippen molar-refractivity contribution >= 4 is 17.3 Å². The number of anilines is 2. The third-order valence-corrected chi connectivity index (χ3v) is 2.46. The zero-order valence-corrected chi connectivity index (χ0v) is 9.81. The van der Waals surface area contributed by atoms with Crippen molar-refractivity contribution in [2.75, 3.05) is 11.1 Å². The maximum atomic E-state index is 11.9. The summed E-state index contributed by atoms with van der Waals surface area (Å²) in [6.07, 6.45) is 1.31. The minimum Gasteiger partial charge on any atom is -0.399 e. The van der Waals surface area contributed by atoms with Gasteiger partial charge in [0.2, 0.25) is 5.56 Å². The second-order valence-electron chi connectivity index (χ2n) is 3.81. The highest BCUT2D eigenvalue weighted by atomic mass is 16.1. The van der Waals surface area contributed by atoms with Crippen LogP contribution in [0.2, 0.25) is 0 Å². The fraction of sp³-hybridized carbons (Fsp3) is 0. The lowest BCUT2D eigenvalue weighted by Crippen LogP contribution is -2.15. The van der Waals surface area contributed by atoms with E-state index in [-0.39, 0.29) is 11.1 Å². The minimum absolute atomic E-state index is 0.276. The Hall–Kier alpha value is -3.07. The molecule has 1 amide bonds. The number of H-pyrrole nitrogens is 1. The van der Waals surface area contributed by atoms with E-state index in [0.717, 1.165) is 0 Å². The van der Waals surface area contributed by atoms with Crippen molar-refractivity contribution in [3.63, 3.8) is 0 Å². The molecule has 0 atom stereocenters. The molecule has 1 heterocycles. The molecule has 0 aliphatic carbocycles. The second-order valence-corrected chi connectivity index (χ2v) is 3.81.